The monoisotopic (exact) mass is 226 g/mol. The van der Waals surface area contributed by atoms with Crippen molar-refractivity contribution in [2.24, 2.45) is 0 Å². The Morgan fingerprint density at radius 3 is 2.67 bits per heavy atom. The van der Waals surface area contributed by atoms with Crippen molar-refractivity contribution in [3.63, 3.8) is 0 Å². The first-order valence-corrected chi connectivity index (χ1v) is 5.05. The topological polar surface area (TPSA) is 46.5 Å². The maximum absolute atomic E-state index is 11.1. The van der Waals surface area contributed by atoms with Gasteiger partial charge in [-0.3, -0.25) is 4.79 Å². The Morgan fingerprint density at radius 2 is 2.20 bits per heavy atom. The zero-order valence-corrected chi connectivity index (χ0v) is 9.04. The van der Waals surface area contributed by atoms with Gasteiger partial charge in [-0.2, -0.15) is 0 Å². The first-order chi connectivity index (χ1) is 7.10. The van der Waals surface area contributed by atoms with E-state index in [0.29, 0.717) is 29.2 Å². The molecule has 4 heteroatoms. The average Bonchev–Trinajstić information content (AvgIpc) is 2.99. The van der Waals surface area contributed by atoms with Crippen LogP contribution >= 0.6 is 11.6 Å². The third kappa shape index (κ3) is 1.57. The van der Waals surface area contributed by atoms with Crippen LogP contribution in [0.15, 0.2) is 18.2 Å². The maximum Gasteiger partial charge on any atom is 0.314 e. The molecule has 3 nitrogen and oxygen atoms in total. The Bertz CT molecular complexity index is 410. The SMILES string of the molecule is COc1ccc(Cl)c(C2(C(=O)O)CC2)c1. The van der Waals surface area contributed by atoms with Crippen molar-refractivity contribution < 1.29 is 14.6 Å². The summed E-state index contributed by atoms with van der Waals surface area (Å²) in [6.45, 7) is 0. The van der Waals surface area contributed by atoms with Gasteiger partial charge in [-0.05, 0) is 36.6 Å². The third-order valence-corrected chi connectivity index (χ3v) is 3.18. The Hall–Kier alpha value is -1.22. The Balaban J connectivity index is 2.47. The van der Waals surface area contributed by atoms with E-state index in [1.54, 1.807) is 25.3 Å². The Morgan fingerprint density at radius 1 is 1.53 bits per heavy atom. The molecule has 0 saturated heterocycles. The van der Waals surface area contributed by atoms with Crippen molar-refractivity contribution in [2.75, 3.05) is 7.11 Å². The highest BCUT2D eigenvalue weighted by Crippen LogP contribution is 2.51. The van der Waals surface area contributed by atoms with Gasteiger partial charge in [-0.15, -0.1) is 0 Å². The van der Waals surface area contributed by atoms with Crippen LogP contribution in [0.3, 0.4) is 0 Å². The predicted molar refractivity (Wildman–Crippen MR) is 56.6 cm³/mol. The van der Waals surface area contributed by atoms with Crippen molar-refractivity contribution in [3.05, 3.63) is 28.8 Å². The van der Waals surface area contributed by atoms with Gasteiger partial charge in [-0.25, -0.2) is 0 Å². The lowest BCUT2D eigenvalue weighted by atomic mass is 9.96. The summed E-state index contributed by atoms with van der Waals surface area (Å²) in [6.07, 6.45) is 1.30. The van der Waals surface area contributed by atoms with Gasteiger partial charge in [0.15, 0.2) is 0 Å². The molecule has 0 unspecified atom stereocenters. The molecule has 80 valence electrons. The van der Waals surface area contributed by atoms with Crippen LogP contribution in [-0.4, -0.2) is 18.2 Å². The predicted octanol–water partition coefficient (Wildman–Crippen LogP) is 2.46. The molecular weight excluding hydrogens is 216 g/mol. The van der Waals surface area contributed by atoms with E-state index >= 15 is 0 Å². The van der Waals surface area contributed by atoms with E-state index in [0.717, 1.165) is 0 Å². The van der Waals surface area contributed by atoms with Crippen LogP contribution in [0.4, 0.5) is 0 Å². The van der Waals surface area contributed by atoms with E-state index < -0.39 is 11.4 Å². The van der Waals surface area contributed by atoms with Gasteiger partial charge < -0.3 is 9.84 Å². The molecule has 0 radical (unpaired) electrons. The molecule has 1 aliphatic carbocycles. The molecule has 1 N–H and O–H groups in total. The molecule has 1 aromatic rings. The minimum atomic E-state index is -0.808. The van der Waals surface area contributed by atoms with Crippen LogP contribution in [-0.2, 0) is 10.2 Å². The second-order valence-corrected chi connectivity index (χ2v) is 4.14. The van der Waals surface area contributed by atoms with E-state index in [4.69, 9.17) is 21.4 Å². The summed E-state index contributed by atoms with van der Waals surface area (Å²) < 4.78 is 5.06. The van der Waals surface area contributed by atoms with Gasteiger partial charge >= 0.3 is 5.97 Å². The second kappa shape index (κ2) is 3.42. The zero-order valence-electron chi connectivity index (χ0n) is 8.29. The van der Waals surface area contributed by atoms with E-state index in [2.05, 4.69) is 0 Å². The van der Waals surface area contributed by atoms with Gasteiger partial charge in [-0.1, -0.05) is 11.6 Å². The van der Waals surface area contributed by atoms with Crippen LogP contribution in [0.5, 0.6) is 5.75 Å². The molecule has 0 atom stereocenters. The number of carbonyl (C=O) groups is 1. The number of methoxy groups -OCH3 is 1. The second-order valence-electron chi connectivity index (χ2n) is 3.73. The van der Waals surface area contributed by atoms with E-state index in [9.17, 15) is 4.79 Å². The quantitative estimate of drug-likeness (QED) is 0.861. The lowest BCUT2D eigenvalue weighted by Gasteiger charge is -2.13. The summed E-state index contributed by atoms with van der Waals surface area (Å²) >= 11 is 6.00. The molecule has 2 rings (SSSR count). The molecule has 1 saturated carbocycles. The van der Waals surface area contributed by atoms with Crippen LogP contribution in [0.2, 0.25) is 5.02 Å². The number of hydrogen-bond acceptors (Lipinski definition) is 2. The van der Waals surface area contributed by atoms with Crippen LogP contribution in [0.1, 0.15) is 18.4 Å². The number of halogens is 1. The first kappa shape index (κ1) is 10.3. The number of ether oxygens (including phenoxy) is 1. The molecule has 0 heterocycles. The van der Waals surface area contributed by atoms with Gasteiger partial charge in [0, 0.05) is 5.02 Å². The lowest BCUT2D eigenvalue weighted by molar-refractivity contribution is -0.140. The average molecular weight is 227 g/mol. The fraction of sp³-hybridized carbons (Fsp3) is 0.364. The minimum absolute atomic E-state index is 0.496. The fourth-order valence-corrected chi connectivity index (χ4v) is 2.02. The molecular formula is C11H11ClO3. The van der Waals surface area contributed by atoms with Crippen LogP contribution in [0, 0.1) is 0 Å². The maximum atomic E-state index is 11.1. The lowest BCUT2D eigenvalue weighted by Crippen LogP contribution is -2.19. The largest absolute Gasteiger partial charge is 0.497 e. The summed E-state index contributed by atoms with van der Waals surface area (Å²) in [7, 11) is 1.55. The van der Waals surface area contributed by atoms with Gasteiger partial charge in [0.05, 0.1) is 12.5 Å². The molecule has 0 bridgehead atoms. The standard InChI is InChI=1S/C11H11ClO3/c1-15-7-2-3-9(12)8(6-7)11(4-5-11)10(13)14/h2-3,6H,4-5H2,1H3,(H,13,14). The van der Waals surface area contributed by atoms with E-state index in [-0.39, 0.29) is 0 Å². The number of rotatable bonds is 3. The molecule has 0 aromatic heterocycles. The first-order valence-electron chi connectivity index (χ1n) is 4.67. The number of benzene rings is 1. The van der Waals surface area contributed by atoms with Gasteiger partial charge in [0.1, 0.15) is 5.75 Å². The van der Waals surface area contributed by atoms with Crippen molar-refractivity contribution in [3.8, 4) is 5.75 Å². The molecule has 0 aliphatic heterocycles. The van der Waals surface area contributed by atoms with Crippen LogP contribution < -0.4 is 4.74 Å². The molecule has 1 aliphatic rings. The third-order valence-electron chi connectivity index (χ3n) is 2.85. The highest BCUT2D eigenvalue weighted by molar-refractivity contribution is 6.31. The van der Waals surface area contributed by atoms with Crippen molar-refractivity contribution in [2.45, 2.75) is 18.3 Å². The summed E-state index contributed by atoms with van der Waals surface area (Å²) in [5, 5.41) is 9.64. The Kier molecular flexibility index (Phi) is 2.35. The molecule has 1 aromatic carbocycles. The summed E-state index contributed by atoms with van der Waals surface area (Å²) in [6, 6.07) is 5.12. The number of carboxylic acids is 1. The normalized spacial score (nSPS) is 17.2. The number of hydrogen-bond donors (Lipinski definition) is 1. The smallest absolute Gasteiger partial charge is 0.314 e. The van der Waals surface area contributed by atoms with Gasteiger partial charge in [0.2, 0.25) is 0 Å². The van der Waals surface area contributed by atoms with Gasteiger partial charge in [0.25, 0.3) is 0 Å². The summed E-state index contributed by atoms with van der Waals surface area (Å²) in [5.41, 5.74) is -0.109. The molecule has 1 fully saturated rings. The zero-order chi connectivity index (χ0) is 11.1. The van der Waals surface area contributed by atoms with Crippen molar-refractivity contribution in [1.82, 2.24) is 0 Å². The summed E-state index contributed by atoms with van der Waals surface area (Å²) in [4.78, 5) is 11.1. The minimum Gasteiger partial charge on any atom is -0.497 e. The van der Waals surface area contributed by atoms with E-state index in [1.165, 1.54) is 0 Å². The highest BCUT2D eigenvalue weighted by atomic mass is 35.5. The molecule has 0 amide bonds. The van der Waals surface area contributed by atoms with E-state index in [1.807, 2.05) is 0 Å². The molecule has 0 spiro atoms. The fourth-order valence-electron chi connectivity index (χ4n) is 1.72. The number of aliphatic carboxylic acids is 1. The van der Waals surface area contributed by atoms with Crippen molar-refractivity contribution in [1.29, 1.82) is 0 Å². The van der Waals surface area contributed by atoms with Crippen molar-refractivity contribution >= 4 is 17.6 Å². The number of carboxylic acid groups (broad SMARTS) is 1. The Labute approximate surface area is 92.6 Å². The summed E-state index contributed by atoms with van der Waals surface area (Å²) in [5.74, 6) is -0.167. The van der Waals surface area contributed by atoms with Crippen LogP contribution in [0.25, 0.3) is 0 Å². The molecule has 15 heavy (non-hydrogen) atoms. The highest BCUT2D eigenvalue weighted by Gasteiger charge is 2.52.